The van der Waals surface area contributed by atoms with Crippen LogP contribution in [0, 0.1) is 16.7 Å². The molecule has 0 nitrogen and oxygen atoms in total. The van der Waals surface area contributed by atoms with Gasteiger partial charge in [-0.1, -0.05) is 0 Å². The molecule has 0 N–H and O–H groups in total. The molecule has 0 saturated carbocycles. The second-order valence-electron chi connectivity index (χ2n) is 9.68. The van der Waals surface area contributed by atoms with Crippen molar-refractivity contribution in [3.05, 3.63) is 172 Å². The molecular formula is C35H25Sb. The SMILES string of the molecule is Cc1cc[c]([Sb]([C]#Cc2ccccc2)[C]23c4ccccc4C(c4ccccc42)c2ccccc23)cc1. The minimum atomic E-state index is -2.67. The van der Waals surface area contributed by atoms with E-state index in [2.05, 4.69) is 144 Å². The summed E-state index contributed by atoms with van der Waals surface area (Å²) in [5, 5.41) is 0. The van der Waals surface area contributed by atoms with Gasteiger partial charge >= 0.3 is 222 Å². The summed E-state index contributed by atoms with van der Waals surface area (Å²) in [4.78, 5) is 0. The summed E-state index contributed by atoms with van der Waals surface area (Å²) in [7, 11) is 0. The second-order valence-corrected chi connectivity index (χ2v) is 15.6. The Bertz CT molecular complexity index is 1540. The first-order chi connectivity index (χ1) is 17.8. The second kappa shape index (κ2) is 8.55. The van der Waals surface area contributed by atoms with Crippen molar-refractivity contribution in [2.45, 2.75) is 16.2 Å². The molecule has 3 aliphatic carbocycles. The van der Waals surface area contributed by atoms with Crippen molar-refractivity contribution in [1.82, 2.24) is 0 Å². The third kappa shape index (κ3) is 3.10. The molecule has 8 rings (SSSR count). The van der Waals surface area contributed by atoms with Crippen LogP contribution < -0.4 is 3.51 Å². The third-order valence-corrected chi connectivity index (χ3v) is 15.0. The number of hydrogen-bond acceptors (Lipinski definition) is 0. The summed E-state index contributed by atoms with van der Waals surface area (Å²) < 4.78 is 5.24. The number of rotatable bonds is 2. The Morgan fingerprint density at radius 2 is 1.03 bits per heavy atom. The fourth-order valence-electron chi connectivity index (χ4n) is 6.21. The van der Waals surface area contributed by atoms with Crippen molar-refractivity contribution in [2.75, 3.05) is 0 Å². The summed E-state index contributed by atoms with van der Waals surface area (Å²) >= 11 is -2.67. The van der Waals surface area contributed by atoms with E-state index in [0.717, 1.165) is 5.56 Å². The molecule has 0 aliphatic heterocycles. The zero-order valence-corrected chi connectivity index (χ0v) is 22.7. The van der Waals surface area contributed by atoms with Gasteiger partial charge in [0.15, 0.2) is 0 Å². The van der Waals surface area contributed by atoms with Crippen molar-refractivity contribution >= 4 is 23.7 Å². The zero-order valence-electron chi connectivity index (χ0n) is 20.1. The minimum absolute atomic E-state index is 0.210. The van der Waals surface area contributed by atoms with Crippen LogP contribution in [0.2, 0.25) is 0 Å². The Labute approximate surface area is 220 Å². The van der Waals surface area contributed by atoms with Crippen LogP contribution in [-0.4, -0.2) is 20.2 Å². The Kier molecular flexibility index (Phi) is 5.16. The van der Waals surface area contributed by atoms with Gasteiger partial charge in [-0.3, -0.25) is 0 Å². The topological polar surface area (TPSA) is 0 Å². The number of aryl methyl sites for hydroxylation is 1. The molecule has 0 radical (unpaired) electrons. The van der Waals surface area contributed by atoms with Gasteiger partial charge in [-0.2, -0.15) is 0 Å². The maximum absolute atomic E-state index is 4.01. The van der Waals surface area contributed by atoms with E-state index >= 15 is 0 Å². The summed E-state index contributed by atoms with van der Waals surface area (Å²) in [5.41, 5.74) is 11.2. The Balaban J connectivity index is 1.61. The molecule has 0 fully saturated rings. The average molecular weight is 567 g/mol. The third-order valence-electron chi connectivity index (χ3n) is 7.70. The van der Waals surface area contributed by atoms with E-state index in [9.17, 15) is 0 Å². The molecule has 0 amide bonds. The Hall–Kier alpha value is -3.52. The predicted octanol–water partition coefficient (Wildman–Crippen LogP) is 6.67. The zero-order chi connectivity index (χ0) is 24.1. The van der Waals surface area contributed by atoms with Gasteiger partial charge in [0.1, 0.15) is 0 Å². The normalized spacial score (nSPS) is 18.6. The fraction of sp³-hybridized carbons (Fsp3) is 0.0857. The molecule has 0 unspecified atom stereocenters. The van der Waals surface area contributed by atoms with E-state index in [4.69, 9.17) is 0 Å². The monoisotopic (exact) mass is 566 g/mol. The molecule has 0 aromatic heterocycles. The first-order valence-corrected chi connectivity index (χ1v) is 16.3. The molecule has 170 valence electrons. The van der Waals surface area contributed by atoms with Gasteiger partial charge in [-0.25, -0.2) is 0 Å². The van der Waals surface area contributed by atoms with Gasteiger partial charge in [-0.15, -0.1) is 0 Å². The molecule has 3 aliphatic rings. The summed E-state index contributed by atoms with van der Waals surface area (Å²) in [5.74, 6) is 3.95. The van der Waals surface area contributed by atoms with Crippen LogP contribution in [-0.2, 0) is 3.36 Å². The van der Waals surface area contributed by atoms with Crippen LogP contribution in [0.4, 0.5) is 0 Å². The molecule has 1 heteroatoms. The van der Waals surface area contributed by atoms with Gasteiger partial charge in [0.05, 0.1) is 0 Å². The van der Waals surface area contributed by atoms with Crippen LogP contribution in [0.1, 0.15) is 50.4 Å². The summed E-state index contributed by atoms with van der Waals surface area (Å²) in [6.07, 6.45) is 0. The quantitative estimate of drug-likeness (QED) is 0.165. The van der Waals surface area contributed by atoms with Gasteiger partial charge < -0.3 is 0 Å². The van der Waals surface area contributed by atoms with Crippen molar-refractivity contribution in [3.8, 4) is 9.79 Å². The van der Waals surface area contributed by atoms with Crippen molar-refractivity contribution in [3.63, 3.8) is 0 Å². The van der Waals surface area contributed by atoms with E-state index in [1.807, 2.05) is 0 Å². The molecule has 5 aromatic rings. The van der Waals surface area contributed by atoms with Crippen LogP contribution in [0.3, 0.4) is 0 Å². The number of hydrogen-bond donors (Lipinski definition) is 0. The van der Waals surface area contributed by atoms with Crippen LogP contribution in [0.5, 0.6) is 0 Å². The Morgan fingerprint density at radius 3 is 1.56 bits per heavy atom. The van der Waals surface area contributed by atoms with Crippen molar-refractivity contribution in [2.24, 2.45) is 0 Å². The molecule has 5 aromatic carbocycles. The fourth-order valence-corrected chi connectivity index (χ4v) is 13.9. The van der Waals surface area contributed by atoms with Gasteiger partial charge in [0.2, 0.25) is 0 Å². The molecule has 2 bridgehead atoms. The molecular weight excluding hydrogens is 542 g/mol. The first kappa shape index (κ1) is 21.7. The van der Waals surface area contributed by atoms with E-state index in [1.165, 1.54) is 42.5 Å². The predicted molar refractivity (Wildman–Crippen MR) is 150 cm³/mol. The average Bonchev–Trinajstić information content (AvgIpc) is 2.95. The molecule has 0 atom stereocenters. The standard InChI is InChI=1S/C20H13.C8H5.C7H7.Sb/c1-2-8-14-13(7-1)19-15-9-3-5-11-17(15)20(14)18-12-6-4-10-16(18)19;1-2-8-6-4-3-5-7-8;1-7-5-3-2-4-6-7;/h1-12,19H;3-7H;3-6H,1H3;. The summed E-state index contributed by atoms with van der Waals surface area (Å²) in [6, 6.07) is 47.3. The van der Waals surface area contributed by atoms with Crippen molar-refractivity contribution < 1.29 is 0 Å². The Morgan fingerprint density at radius 1 is 0.556 bits per heavy atom. The summed E-state index contributed by atoms with van der Waals surface area (Å²) in [6.45, 7) is 2.17. The maximum atomic E-state index is 4.01. The van der Waals surface area contributed by atoms with E-state index in [1.54, 1.807) is 0 Å². The molecule has 0 spiro atoms. The van der Waals surface area contributed by atoms with Crippen LogP contribution in [0.15, 0.2) is 127 Å². The molecule has 0 heterocycles. The van der Waals surface area contributed by atoms with Gasteiger partial charge in [0.25, 0.3) is 0 Å². The van der Waals surface area contributed by atoms with E-state index in [-0.39, 0.29) is 9.28 Å². The van der Waals surface area contributed by atoms with E-state index < -0.39 is 20.2 Å². The van der Waals surface area contributed by atoms with Gasteiger partial charge in [0, 0.05) is 0 Å². The van der Waals surface area contributed by atoms with Gasteiger partial charge in [-0.05, 0) is 0 Å². The van der Waals surface area contributed by atoms with Crippen LogP contribution >= 0.6 is 0 Å². The van der Waals surface area contributed by atoms with Crippen LogP contribution in [0.25, 0.3) is 0 Å². The number of benzene rings is 5. The molecule has 36 heavy (non-hydrogen) atoms. The molecule has 0 saturated heterocycles. The van der Waals surface area contributed by atoms with E-state index in [0.29, 0.717) is 0 Å². The first-order valence-electron chi connectivity index (χ1n) is 12.5. The van der Waals surface area contributed by atoms with Crippen molar-refractivity contribution in [1.29, 1.82) is 0 Å².